The third-order valence-electron chi connectivity index (χ3n) is 2.90. The van der Waals surface area contributed by atoms with Gasteiger partial charge in [-0.25, -0.2) is 17.9 Å². The maximum Gasteiger partial charge on any atom is 0.238 e. The highest BCUT2D eigenvalue weighted by atomic mass is 32.2. The summed E-state index contributed by atoms with van der Waals surface area (Å²) in [5.74, 6) is -0.230. The third kappa shape index (κ3) is 3.55. The Labute approximate surface area is 117 Å². The summed E-state index contributed by atoms with van der Waals surface area (Å²) in [6.45, 7) is 2.23. The molecule has 0 amide bonds. The molecule has 4 nitrogen and oxygen atoms in total. The zero-order valence-corrected chi connectivity index (χ0v) is 11.7. The summed E-state index contributed by atoms with van der Waals surface area (Å²) in [4.78, 5) is 0.0701. The van der Waals surface area contributed by atoms with E-state index in [-0.39, 0.29) is 10.7 Å². The lowest BCUT2D eigenvalue weighted by atomic mass is 10.1. The number of primary sulfonamides is 1. The first-order valence-corrected chi connectivity index (χ1v) is 7.52. The van der Waals surface area contributed by atoms with Crippen LogP contribution < -0.4 is 10.5 Å². The first kappa shape index (κ1) is 14.5. The second-order valence-electron chi connectivity index (χ2n) is 4.51. The van der Waals surface area contributed by atoms with Gasteiger partial charge in [-0.1, -0.05) is 12.1 Å². The van der Waals surface area contributed by atoms with Crippen molar-refractivity contribution in [3.8, 4) is 0 Å². The summed E-state index contributed by atoms with van der Waals surface area (Å²) in [7, 11) is -3.67. The minimum absolute atomic E-state index is 0.0701. The van der Waals surface area contributed by atoms with Crippen molar-refractivity contribution in [2.75, 3.05) is 5.32 Å². The first-order valence-electron chi connectivity index (χ1n) is 5.98. The lowest BCUT2D eigenvalue weighted by Crippen LogP contribution is -2.12. The number of halogens is 1. The number of sulfonamides is 1. The molecular formula is C14H15FN2O2S. The van der Waals surface area contributed by atoms with Crippen LogP contribution in [0.1, 0.15) is 11.1 Å². The van der Waals surface area contributed by atoms with Crippen LogP contribution in [0.2, 0.25) is 0 Å². The van der Waals surface area contributed by atoms with Gasteiger partial charge in [0, 0.05) is 12.2 Å². The fourth-order valence-corrected chi connectivity index (χ4v) is 2.30. The molecule has 0 aliphatic rings. The van der Waals surface area contributed by atoms with Gasteiger partial charge in [-0.2, -0.15) is 0 Å². The van der Waals surface area contributed by atoms with E-state index < -0.39 is 10.0 Å². The molecule has 0 atom stereocenters. The first-order chi connectivity index (χ1) is 9.36. The SMILES string of the molecule is Cc1cc(CNc2ccc(S(N)(=O)=O)cc2)ccc1F. The number of nitrogens with one attached hydrogen (secondary N) is 1. The molecule has 2 rings (SSSR count). The summed E-state index contributed by atoms with van der Waals surface area (Å²) < 4.78 is 35.4. The fourth-order valence-electron chi connectivity index (χ4n) is 1.78. The van der Waals surface area contributed by atoms with Crippen LogP contribution in [0.3, 0.4) is 0 Å². The molecule has 0 bridgehead atoms. The van der Waals surface area contributed by atoms with Crippen molar-refractivity contribution >= 4 is 15.7 Å². The maximum atomic E-state index is 13.1. The van der Waals surface area contributed by atoms with E-state index >= 15 is 0 Å². The van der Waals surface area contributed by atoms with Gasteiger partial charge in [0.15, 0.2) is 0 Å². The maximum absolute atomic E-state index is 13.1. The average Bonchev–Trinajstić information content (AvgIpc) is 2.40. The Balaban J connectivity index is 2.06. The molecule has 0 heterocycles. The second kappa shape index (κ2) is 5.60. The minimum Gasteiger partial charge on any atom is -0.381 e. The Morgan fingerprint density at radius 2 is 1.80 bits per heavy atom. The highest BCUT2D eigenvalue weighted by molar-refractivity contribution is 7.89. The predicted molar refractivity (Wildman–Crippen MR) is 76.3 cm³/mol. The highest BCUT2D eigenvalue weighted by Gasteiger charge is 2.06. The monoisotopic (exact) mass is 294 g/mol. The molecule has 20 heavy (non-hydrogen) atoms. The molecule has 0 aromatic heterocycles. The summed E-state index contributed by atoms with van der Waals surface area (Å²) in [5, 5.41) is 8.15. The Hall–Kier alpha value is -1.92. The molecule has 2 aromatic carbocycles. The average molecular weight is 294 g/mol. The number of nitrogens with two attached hydrogens (primary N) is 1. The fraction of sp³-hybridized carbons (Fsp3) is 0.143. The van der Waals surface area contributed by atoms with E-state index in [1.165, 1.54) is 18.2 Å². The van der Waals surface area contributed by atoms with Crippen LogP contribution in [0, 0.1) is 12.7 Å². The normalized spacial score (nSPS) is 11.3. The van der Waals surface area contributed by atoms with Crippen molar-refractivity contribution < 1.29 is 12.8 Å². The number of benzene rings is 2. The van der Waals surface area contributed by atoms with E-state index in [1.54, 1.807) is 31.2 Å². The molecule has 106 valence electrons. The van der Waals surface area contributed by atoms with E-state index in [2.05, 4.69) is 5.32 Å². The van der Waals surface area contributed by atoms with Crippen molar-refractivity contribution in [1.29, 1.82) is 0 Å². The largest absolute Gasteiger partial charge is 0.381 e. The summed E-state index contributed by atoms with van der Waals surface area (Å²) in [5.41, 5.74) is 2.30. The predicted octanol–water partition coefficient (Wildman–Crippen LogP) is 2.39. The molecule has 0 fully saturated rings. The molecule has 0 radical (unpaired) electrons. The number of rotatable bonds is 4. The topological polar surface area (TPSA) is 72.2 Å². The molecule has 0 spiro atoms. The van der Waals surface area contributed by atoms with E-state index in [1.807, 2.05) is 0 Å². The molecule has 0 aliphatic heterocycles. The molecule has 6 heteroatoms. The van der Waals surface area contributed by atoms with Gasteiger partial charge >= 0.3 is 0 Å². The van der Waals surface area contributed by atoms with E-state index in [0.29, 0.717) is 12.1 Å². The van der Waals surface area contributed by atoms with Crippen molar-refractivity contribution in [2.24, 2.45) is 5.14 Å². The van der Waals surface area contributed by atoms with Crippen LogP contribution in [-0.2, 0) is 16.6 Å². The molecule has 0 saturated heterocycles. The van der Waals surface area contributed by atoms with Crippen LogP contribution in [-0.4, -0.2) is 8.42 Å². The third-order valence-corrected chi connectivity index (χ3v) is 3.83. The van der Waals surface area contributed by atoms with Crippen molar-refractivity contribution in [3.05, 3.63) is 59.4 Å². The molecule has 3 N–H and O–H groups in total. The Kier molecular flexibility index (Phi) is 4.06. The van der Waals surface area contributed by atoms with Gasteiger partial charge in [0.25, 0.3) is 0 Å². The Bertz CT molecular complexity index is 712. The molecule has 0 aliphatic carbocycles. The van der Waals surface area contributed by atoms with Gasteiger partial charge in [-0.15, -0.1) is 0 Å². The summed E-state index contributed by atoms with van der Waals surface area (Å²) in [6.07, 6.45) is 0. The van der Waals surface area contributed by atoms with Crippen LogP contribution in [0.5, 0.6) is 0 Å². The molecule has 0 unspecified atom stereocenters. The van der Waals surface area contributed by atoms with Crippen molar-refractivity contribution in [1.82, 2.24) is 0 Å². The number of anilines is 1. The zero-order chi connectivity index (χ0) is 14.8. The quantitative estimate of drug-likeness (QED) is 0.909. The van der Waals surface area contributed by atoms with Gasteiger partial charge < -0.3 is 5.32 Å². The van der Waals surface area contributed by atoms with Crippen LogP contribution in [0.4, 0.5) is 10.1 Å². The summed E-state index contributed by atoms with van der Waals surface area (Å²) in [6, 6.07) is 11.0. The van der Waals surface area contributed by atoms with Gasteiger partial charge in [0.2, 0.25) is 10.0 Å². The number of aryl methyl sites for hydroxylation is 1. The van der Waals surface area contributed by atoms with Gasteiger partial charge in [0.1, 0.15) is 5.82 Å². The van der Waals surface area contributed by atoms with Crippen molar-refractivity contribution in [3.63, 3.8) is 0 Å². The second-order valence-corrected chi connectivity index (χ2v) is 6.07. The van der Waals surface area contributed by atoms with Crippen LogP contribution in [0.25, 0.3) is 0 Å². The molecule has 2 aromatic rings. The van der Waals surface area contributed by atoms with Crippen LogP contribution in [0.15, 0.2) is 47.4 Å². The minimum atomic E-state index is -3.67. The van der Waals surface area contributed by atoms with E-state index in [4.69, 9.17) is 5.14 Å². The van der Waals surface area contributed by atoms with Gasteiger partial charge in [-0.3, -0.25) is 0 Å². The molecule has 0 saturated carbocycles. The van der Waals surface area contributed by atoms with E-state index in [0.717, 1.165) is 11.3 Å². The van der Waals surface area contributed by atoms with Crippen LogP contribution >= 0.6 is 0 Å². The Morgan fingerprint density at radius 3 is 2.35 bits per heavy atom. The lowest BCUT2D eigenvalue weighted by molar-refractivity contribution is 0.598. The van der Waals surface area contributed by atoms with E-state index in [9.17, 15) is 12.8 Å². The Morgan fingerprint density at radius 1 is 1.15 bits per heavy atom. The smallest absolute Gasteiger partial charge is 0.238 e. The van der Waals surface area contributed by atoms with Gasteiger partial charge in [-0.05, 0) is 48.4 Å². The zero-order valence-electron chi connectivity index (χ0n) is 10.9. The standard InChI is InChI=1S/C14H15FN2O2S/c1-10-8-11(2-7-14(10)15)9-17-12-3-5-13(6-4-12)20(16,18)19/h2-8,17H,9H2,1H3,(H2,16,18,19). The van der Waals surface area contributed by atoms with Crippen molar-refractivity contribution in [2.45, 2.75) is 18.4 Å². The highest BCUT2D eigenvalue weighted by Crippen LogP contribution is 2.15. The lowest BCUT2D eigenvalue weighted by Gasteiger charge is -2.08. The number of hydrogen-bond acceptors (Lipinski definition) is 3. The summed E-state index contributed by atoms with van der Waals surface area (Å²) >= 11 is 0. The van der Waals surface area contributed by atoms with Gasteiger partial charge in [0.05, 0.1) is 4.90 Å². The number of hydrogen-bond donors (Lipinski definition) is 2. The molecular weight excluding hydrogens is 279 g/mol.